The van der Waals surface area contributed by atoms with Crippen molar-refractivity contribution in [2.24, 2.45) is 0 Å². The molecule has 1 heterocycles. The number of rotatable bonds is 2. The second kappa shape index (κ2) is 3.83. The van der Waals surface area contributed by atoms with Crippen LogP contribution < -0.4 is 5.43 Å². The van der Waals surface area contributed by atoms with Crippen LogP contribution in [0.4, 0.5) is 13.2 Å². The van der Waals surface area contributed by atoms with Crippen LogP contribution in [0.5, 0.6) is 0 Å². The highest BCUT2D eigenvalue weighted by Crippen LogP contribution is 2.17. The highest BCUT2D eigenvalue weighted by atomic mass is 35.5. The van der Waals surface area contributed by atoms with E-state index < -0.39 is 23.4 Å². The van der Waals surface area contributed by atoms with Gasteiger partial charge in [-0.1, -0.05) is 0 Å². The largest absolute Gasteiger partial charge is 0.338 e. The lowest BCUT2D eigenvalue weighted by Crippen LogP contribution is -2.17. The third-order valence-corrected chi connectivity index (χ3v) is 1.80. The highest BCUT2D eigenvalue weighted by molar-refractivity contribution is 6.17. The van der Waals surface area contributed by atoms with Crippen LogP contribution in [0.15, 0.2) is 11.0 Å². The minimum absolute atomic E-state index is 0.0710. The van der Waals surface area contributed by atoms with Crippen molar-refractivity contribution < 1.29 is 13.2 Å². The number of aromatic nitrogens is 1. The maximum absolute atomic E-state index is 12.6. The van der Waals surface area contributed by atoms with Gasteiger partial charge in [0.1, 0.15) is 5.56 Å². The summed E-state index contributed by atoms with van der Waals surface area (Å²) in [6.07, 6.45) is -2.15. The Hall–Kier alpha value is -0.970. The Bertz CT molecular complexity index is 363. The predicted octanol–water partition coefficient (Wildman–Crippen LogP) is 2.19. The van der Waals surface area contributed by atoms with Gasteiger partial charge in [-0.05, 0) is 0 Å². The van der Waals surface area contributed by atoms with Gasteiger partial charge in [0.25, 0.3) is 6.43 Å². The van der Waals surface area contributed by atoms with Crippen LogP contribution in [0.3, 0.4) is 0 Å². The summed E-state index contributed by atoms with van der Waals surface area (Å²) in [6, 6.07) is 0. The fourth-order valence-corrected chi connectivity index (χ4v) is 1.06. The number of halogens is 4. The summed E-state index contributed by atoms with van der Waals surface area (Å²) in [7, 11) is 0. The molecule has 1 N–H and O–H groups in total. The smallest absolute Gasteiger partial charge is 0.271 e. The van der Waals surface area contributed by atoms with E-state index >= 15 is 0 Å². The zero-order valence-corrected chi connectivity index (χ0v) is 7.04. The molecular formula is C7H5ClF3NO. The molecule has 0 fully saturated rings. The van der Waals surface area contributed by atoms with Gasteiger partial charge < -0.3 is 4.98 Å². The molecule has 2 nitrogen and oxygen atoms in total. The predicted molar refractivity (Wildman–Crippen MR) is 41.5 cm³/mol. The first-order valence-corrected chi connectivity index (χ1v) is 3.85. The van der Waals surface area contributed by atoms with Crippen LogP contribution >= 0.6 is 11.6 Å². The second-order valence-electron chi connectivity index (χ2n) is 2.31. The van der Waals surface area contributed by atoms with E-state index in [9.17, 15) is 18.0 Å². The first kappa shape index (κ1) is 10.1. The number of aromatic amines is 1. The third-order valence-electron chi connectivity index (χ3n) is 1.51. The quantitative estimate of drug-likeness (QED) is 0.590. The van der Waals surface area contributed by atoms with Crippen molar-refractivity contribution in [1.29, 1.82) is 0 Å². The zero-order chi connectivity index (χ0) is 10.0. The Morgan fingerprint density at radius 3 is 2.62 bits per heavy atom. The Labute approximate surface area is 76.3 Å². The van der Waals surface area contributed by atoms with Crippen molar-refractivity contribution in [2.45, 2.75) is 12.3 Å². The monoisotopic (exact) mass is 211 g/mol. The van der Waals surface area contributed by atoms with E-state index in [1.165, 1.54) is 0 Å². The molecule has 13 heavy (non-hydrogen) atoms. The molecule has 0 unspecified atom stereocenters. The number of pyridine rings is 1. The van der Waals surface area contributed by atoms with Gasteiger partial charge in [-0.3, -0.25) is 4.79 Å². The summed E-state index contributed by atoms with van der Waals surface area (Å²) in [6.45, 7) is 0. The Morgan fingerprint density at radius 1 is 1.54 bits per heavy atom. The molecule has 72 valence electrons. The second-order valence-corrected chi connectivity index (χ2v) is 2.57. The average molecular weight is 212 g/mol. The van der Waals surface area contributed by atoms with E-state index in [0.717, 1.165) is 6.20 Å². The van der Waals surface area contributed by atoms with E-state index in [2.05, 4.69) is 0 Å². The summed E-state index contributed by atoms with van der Waals surface area (Å²) in [5.41, 5.74) is -2.27. The summed E-state index contributed by atoms with van der Waals surface area (Å²) in [5.74, 6) is -1.54. The van der Waals surface area contributed by atoms with Gasteiger partial charge in [-0.15, -0.1) is 11.6 Å². The molecule has 0 aliphatic heterocycles. The van der Waals surface area contributed by atoms with Crippen LogP contribution in [0.1, 0.15) is 17.6 Å². The zero-order valence-electron chi connectivity index (χ0n) is 6.28. The van der Waals surface area contributed by atoms with Crippen molar-refractivity contribution in [2.75, 3.05) is 0 Å². The molecule has 0 amide bonds. The van der Waals surface area contributed by atoms with Crippen LogP contribution in [0.2, 0.25) is 0 Å². The third kappa shape index (κ3) is 1.85. The van der Waals surface area contributed by atoms with E-state index in [4.69, 9.17) is 11.6 Å². The Morgan fingerprint density at radius 2 is 2.15 bits per heavy atom. The van der Waals surface area contributed by atoms with Crippen LogP contribution in [-0.4, -0.2) is 4.98 Å². The minimum Gasteiger partial charge on any atom is -0.338 e. The Balaban J connectivity index is 3.39. The van der Waals surface area contributed by atoms with Gasteiger partial charge in [0, 0.05) is 11.8 Å². The molecular weight excluding hydrogens is 207 g/mol. The van der Waals surface area contributed by atoms with Gasteiger partial charge in [0.15, 0.2) is 5.43 Å². The first-order chi connectivity index (χ1) is 6.07. The SMILES string of the molecule is O=c1c(CCl)c[nH]c(F)c1C(F)F. The van der Waals surface area contributed by atoms with Gasteiger partial charge in [-0.25, -0.2) is 8.78 Å². The summed E-state index contributed by atoms with van der Waals surface area (Å²) >= 11 is 5.27. The van der Waals surface area contributed by atoms with Gasteiger partial charge in [0.05, 0.1) is 5.88 Å². The average Bonchev–Trinajstić information content (AvgIpc) is 2.04. The van der Waals surface area contributed by atoms with Gasteiger partial charge >= 0.3 is 0 Å². The number of H-pyrrole nitrogens is 1. The molecule has 6 heteroatoms. The molecule has 0 aliphatic carbocycles. The lowest BCUT2D eigenvalue weighted by molar-refractivity contribution is 0.143. The van der Waals surface area contributed by atoms with Crippen molar-refractivity contribution in [1.82, 2.24) is 4.98 Å². The molecule has 0 atom stereocenters. The van der Waals surface area contributed by atoms with Crippen LogP contribution in [0.25, 0.3) is 0 Å². The fourth-order valence-electron chi connectivity index (χ4n) is 0.861. The normalized spacial score (nSPS) is 10.8. The van der Waals surface area contributed by atoms with Crippen molar-refractivity contribution in [3.05, 3.63) is 33.5 Å². The van der Waals surface area contributed by atoms with E-state index in [1.807, 2.05) is 4.98 Å². The topological polar surface area (TPSA) is 32.9 Å². The molecule has 0 radical (unpaired) electrons. The molecule has 1 aromatic rings. The first-order valence-electron chi connectivity index (χ1n) is 3.32. The molecule has 0 saturated carbocycles. The van der Waals surface area contributed by atoms with Crippen molar-refractivity contribution in [3.63, 3.8) is 0 Å². The molecule has 1 aromatic heterocycles. The van der Waals surface area contributed by atoms with Gasteiger partial charge in [0.2, 0.25) is 5.95 Å². The standard InChI is InChI=1S/C7H5ClF3NO/c8-1-3-2-12-7(11)4(5(3)13)6(9)10/h2,6H,1H2,(H,12,13). The lowest BCUT2D eigenvalue weighted by atomic mass is 10.2. The lowest BCUT2D eigenvalue weighted by Gasteiger charge is -2.02. The van der Waals surface area contributed by atoms with Crippen LogP contribution in [-0.2, 0) is 5.88 Å². The molecule has 0 saturated heterocycles. The maximum atomic E-state index is 12.6. The van der Waals surface area contributed by atoms with Gasteiger partial charge in [-0.2, -0.15) is 4.39 Å². The molecule has 1 rings (SSSR count). The molecule has 0 bridgehead atoms. The Kier molecular flexibility index (Phi) is 2.98. The summed E-state index contributed by atoms with van der Waals surface area (Å²) in [5, 5.41) is 0. The number of nitrogens with one attached hydrogen (secondary N) is 1. The van der Waals surface area contributed by atoms with E-state index in [1.54, 1.807) is 0 Å². The molecule has 0 aliphatic rings. The fraction of sp³-hybridized carbons (Fsp3) is 0.286. The van der Waals surface area contributed by atoms with Crippen LogP contribution in [0, 0.1) is 5.95 Å². The highest BCUT2D eigenvalue weighted by Gasteiger charge is 2.19. The molecule has 0 aromatic carbocycles. The minimum atomic E-state index is -3.13. The van der Waals surface area contributed by atoms with E-state index in [-0.39, 0.29) is 11.4 Å². The van der Waals surface area contributed by atoms with E-state index in [0.29, 0.717) is 0 Å². The summed E-state index contributed by atoms with van der Waals surface area (Å²) in [4.78, 5) is 12.9. The molecule has 0 spiro atoms. The number of hydrogen-bond acceptors (Lipinski definition) is 1. The van der Waals surface area contributed by atoms with Crippen molar-refractivity contribution in [3.8, 4) is 0 Å². The number of alkyl halides is 3. The summed E-state index contributed by atoms with van der Waals surface area (Å²) < 4.78 is 36.8. The maximum Gasteiger partial charge on any atom is 0.271 e. The van der Waals surface area contributed by atoms with Crippen molar-refractivity contribution >= 4 is 11.6 Å². The number of hydrogen-bond donors (Lipinski definition) is 1.